The third kappa shape index (κ3) is 4.38. The summed E-state index contributed by atoms with van der Waals surface area (Å²) in [5, 5.41) is 0. The van der Waals surface area contributed by atoms with Gasteiger partial charge in [0.2, 0.25) is 0 Å². The van der Waals surface area contributed by atoms with Gasteiger partial charge in [0.1, 0.15) is 0 Å². The van der Waals surface area contributed by atoms with Crippen molar-refractivity contribution in [3.05, 3.63) is 0 Å². The van der Waals surface area contributed by atoms with Crippen LogP contribution in [0.1, 0.15) is 65.7 Å². The van der Waals surface area contributed by atoms with Crippen LogP contribution in [0.3, 0.4) is 0 Å². The summed E-state index contributed by atoms with van der Waals surface area (Å²) in [5.74, 6) is 0. The van der Waals surface area contributed by atoms with Crippen molar-refractivity contribution in [1.82, 2.24) is 0 Å². The van der Waals surface area contributed by atoms with Crippen LogP contribution in [-0.2, 0) is 8.85 Å². The van der Waals surface area contributed by atoms with Crippen LogP contribution in [0.25, 0.3) is 0 Å². The lowest BCUT2D eigenvalue weighted by Gasteiger charge is -2.36. The molecule has 1 fully saturated rings. The number of hydrogen-bond donors (Lipinski definition) is 0. The lowest BCUT2D eigenvalue weighted by atomic mass is 10.2. The van der Waals surface area contributed by atoms with E-state index in [2.05, 4.69) is 20.8 Å². The Kier molecular flexibility index (Phi) is 7.40. The van der Waals surface area contributed by atoms with Gasteiger partial charge in [-0.25, -0.2) is 0 Å². The predicted molar refractivity (Wildman–Crippen MR) is 75.6 cm³/mol. The molecule has 1 aliphatic rings. The fourth-order valence-corrected chi connectivity index (χ4v) is 7.40. The molecule has 0 radical (unpaired) electrons. The Hall–Kier alpha value is 0.137. The van der Waals surface area contributed by atoms with Crippen LogP contribution >= 0.6 is 0 Å². The van der Waals surface area contributed by atoms with Gasteiger partial charge in [-0.05, 0) is 32.7 Å². The van der Waals surface area contributed by atoms with Crippen molar-refractivity contribution >= 4 is 8.56 Å². The highest BCUT2D eigenvalue weighted by atomic mass is 28.4. The smallest absolute Gasteiger partial charge is 0.341 e. The van der Waals surface area contributed by atoms with E-state index in [1.807, 2.05) is 0 Å². The maximum atomic E-state index is 6.22. The lowest BCUT2D eigenvalue weighted by molar-refractivity contribution is 0.168. The van der Waals surface area contributed by atoms with Crippen molar-refractivity contribution in [2.24, 2.45) is 0 Å². The van der Waals surface area contributed by atoms with Gasteiger partial charge in [0, 0.05) is 18.8 Å². The summed E-state index contributed by atoms with van der Waals surface area (Å²) < 4.78 is 12.4. The zero-order chi connectivity index (χ0) is 12.6. The molecule has 1 rings (SSSR count). The van der Waals surface area contributed by atoms with Crippen LogP contribution in [0, 0.1) is 0 Å². The topological polar surface area (TPSA) is 18.5 Å². The second-order valence-electron chi connectivity index (χ2n) is 5.12. The molecule has 0 aliphatic heterocycles. The van der Waals surface area contributed by atoms with Gasteiger partial charge in [-0.1, -0.05) is 39.0 Å². The van der Waals surface area contributed by atoms with Crippen molar-refractivity contribution < 1.29 is 8.85 Å². The Bertz CT molecular complexity index is 172. The average Bonchev–Trinajstić information content (AvgIpc) is 2.58. The van der Waals surface area contributed by atoms with E-state index < -0.39 is 8.56 Å². The van der Waals surface area contributed by atoms with Crippen LogP contribution in [0.5, 0.6) is 0 Å². The summed E-state index contributed by atoms with van der Waals surface area (Å²) in [6.07, 6.45) is 9.45. The molecule has 1 aliphatic carbocycles. The van der Waals surface area contributed by atoms with Crippen molar-refractivity contribution in [2.75, 3.05) is 13.2 Å². The Morgan fingerprint density at radius 3 is 1.82 bits per heavy atom. The highest BCUT2D eigenvalue weighted by Gasteiger charge is 2.44. The van der Waals surface area contributed by atoms with Gasteiger partial charge in [-0.3, -0.25) is 0 Å². The molecule has 0 saturated heterocycles. The molecule has 0 heterocycles. The van der Waals surface area contributed by atoms with Gasteiger partial charge in [0.25, 0.3) is 0 Å². The van der Waals surface area contributed by atoms with Gasteiger partial charge in [0.05, 0.1) is 0 Å². The minimum Gasteiger partial charge on any atom is -0.394 e. The van der Waals surface area contributed by atoms with Crippen molar-refractivity contribution in [1.29, 1.82) is 0 Å². The molecule has 0 bridgehead atoms. The number of rotatable bonds is 7. The largest absolute Gasteiger partial charge is 0.394 e. The summed E-state index contributed by atoms with van der Waals surface area (Å²) in [7, 11) is -1.93. The molecule has 0 aromatic heterocycles. The first kappa shape index (κ1) is 15.2. The average molecular weight is 258 g/mol. The molecule has 102 valence electrons. The van der Waals surface area contributed by atoms with E-state index in [0.717, 1.165) is 18.8 Å². The molecule has 0 atom stereocenters. The third-order valence-electron chi connectivity index (χ3n) is 3.85. The highest BCUT2D eigenvalue weighted by Crippen LogP contribution is 2.40. The van der Waals surface area contributed by atoms with Crippen LogP contribution in [-0.4, -0.2) is 21.8 Å². The van der Waals surface area contributed by atoms with Gasteiger partial charge in [-0.2, -0.15) is 0 Å². The molecule has 0 N–H and O–H groups in total. The normalized spacial score (nSPS) is 19.2. The SMILES string of the molecule is CCC[Si](OCC)(OCC)C1CCCCCC1. The van der Waals surface area contributed by atoms with Gasteiger partial charge < -0.3 is 8.85 Å². The summed E-state index contributed by atoms with van der Waals surface area (Å²) in [5.41, 5.74) is 0.741. The molecule has 0 spiro atoms. The lowest BCUT2D eigenvalue weighted by Crippen LogP contribution is -2.47. The highest BCUT2D eigenvalue weighted by molar-refractivity contribution is 6.69. The summed E-state index contributed by atoms with van der Waals surface area (Å²) in [6, 6.07) is 1.18. The Morgan fingerprint density at radius 1 is 0.882 bits per heavy atom. The van der Waals surface area contributed by atoms with E-state index in [-0.39, 0.29) is 0 Å². The number of hydrogen-bond acceptors (Lipinski definition) is 2. The zero-order valence-corrected chi connectivity index (χ0v) is 13.0. The monoisotopic (exact) mass is 258 g/mol. The quantitative estimate of drug-likeness (QED) is 0.489. The summed E-state index contributed by atoms with van der Waals surface area (Å²) in [4.78, 5) is 0. The van der Waals surface area contributed by atoms with Gasteiger partial charge in [-0.15, -0.1) is 0 Å². The van der Waals surface area contributed by atoms with E-state index in [9.17, 15) is 0 Å². The standard InChI is InChI=1S/C14H30O2Si/c1-4-13-17(15-5-2,16-6-3)14-11-9-7-8-10-12-14/h14H,4-13H2,1-3H3. The molecular formula is C14H30O2Si. The first-order valence-electron chi connectivity index (χ1n) is 7.57. The molecule has 3 heteroatoms. The van der Waals surface area contributed by atoms with Crippen molar-refractivity contribution in [3.63, 3.8) is 0 Å². The van der Waals surface area contributed by atoms with E-state index in [0.29, 0.717) is 0 Å². The minimum atomic E-state index is -1.93. The zero-order valence-electron chi connectivity index (χ0n) is 12.0. The maximum absolute atomic E-state index is 6.22. The Balaban J connectivity index is 2.75. The Labute approximate surface area is 108 Å². The minimum absolute atomic E-state index is 0.741. The second-order valence-corrected chi connectivity index (χ2v) is 8.63. The van der Waals surface area contributed by atoms with E-state index in [1.54, 1.807) is 0 Å². The van der Waals surface area contributed by atoms with Crippen LogP contribution in [0.15, 0.2) is 0 Å². The van der Waals surface area contributed by atoms with Crippen molar-refractivity contribution in [2.45, 2.75) is 77.3 Å². The van der Waals surface area contributed by atoms with E-state index in [1.165, 1.54) is 51.0 Å². The molecule has 0 aromatic carbocycles. The second kappa shape index (κ2) is 8.28. The van der Waals surface area contributed by atoms with Gasteiger partial charge in [0.15, 0.2) is 0 Å². The van der Waals surface area contributed by atoms with Crippen LogP contribution in [0.2, 0.25) is 11.6 Å². The molecule has 0 amide bonds. The molecule has 0 unspecified atom stereocenters. The summed E-state index contributed by atoms with van der Waals surface area (Å²) >= 11 is 0. The first-order valence-corrected chi connectivity index (χ1v) is 9.67. The van der Waals surface area contributed by atoms with E-state index >= 15 is 0 Å². The molecule has 0 aromatic rings. The third-order valence-corrected chi connectivity index (χ3v) is 8.43. The Morgan fingerprint density at radius 2 is 1.41 bits per heavy atom. The molecular weight excluding hydrogens is 228 g/mol. The molecule has 1 saturated carbocycles. The first-order chi connectivity index (χ1) is 8.29. The van der Waals surface area contributed by atoms with Gasteiger partial charge >= 0.3 is 8.56 Å². The van der Waals surface area contributed by atoms with Crippen molar-refractivity contribution in [3.8, 4) is 0 Å². The fraction of sp³-hybridized carbons (Fsp3) is 1.00. The maximum Gasteiger partial charge on any atom is 0.341 e. The van der Waals surface area contributed by atoms with E-state index in [4.69, 9.17) is 8.85 Å². The molecule has 2 nitrogen and oxygen atoms in total. The fourth-order valence-electron chi connectivity index (χ4n) is 3.18. The molecule has 17 heavy (non-hydrogen) atoms. The summed E-state index contributed by atoms with van der Waals surface area (Å²) in [6.45, 7) is 8.14. The predicted octanol–water partition coefficient (Wildman–Crippen LogP) is 4.64. The van der Waals surface area contributed by atoms with Crippen LogP contribution < -0.4 is 0 Å². The van der Waals surface area contributed by atoms with Crippen LogP contribution in [0.4, 0.5) is 0 Å².